The van der Waals surface area contributed by atoms with Gasteiger partial charge in [-0.25, -0.2) is 9.78 Å². The normalized spacial score (nSPS) is 18.7. The maximum absolute atomic E-state index is 11.2. The molecule has 0 aliphatic carbocycles. The van der Waals surface area contributed by atoms with Gasteiger partial charge in [-0.15, -0.1) is 22.9 Å². The number of ether oxygens (including phenoxy) is 1. The van der Waals surface area contributed by atoms with Crippen molar-refractivity contribution in [3.8, 4) is 0 Å². The first-order valence-corrected chi connectivity index (χ1v) is 7.36. The van der Waals surface area contributed by atoms with E-state index in [1.165, 1.54) is 11.3 Å². The third-order valence-electron chi connectivity index (χ3n) is 3.39. The van der Waals surface area contributed by atoms with Crippen molar-refractivity contribution in [2.75, 3.05) is 6.61 Å². The second kappa shape index (κ2) is 4.77. The summed E-state index contributed by atoms with van der Waals surface area (Å²) in [5, 5.41) is 9.16. The van der Waals surface area contributed by atoms with Crippen molar-refractivity contribution in [1.82, 2.24) is 9.55 Å². The number of carbonyl (C=O) groups is 1. The lowest BCUT2D eigenvalue weighted by Crippen LogP contribution is -2.31. The van der Waals surface area contributed by atoms with Crippen molar-refractivity contribution in [2.45, 2.75) is 31.9 Å². The van der Waals surface area contributed by atoms with Crippen LogP contribution >= 0.6 is 22.9 Å². The van der Waals surface area contributed by atoms with E-state index in [9.17, 15) is 4.79 Å². The van der Waals surface area contributed by atoms with Crippen molar-refractivity contribution in [1.29, 1.82) is 0 Å². The standard InChI is InChI=1S/C12H13ClN2O3S/c1-6-9-11(19-10(6)12(16)17)15(8(4-13)14-9)5-7-2-3-18-7/h7H,2-5H2,1H3,(H,16,17). The van der Waals surface area contributed by atoms with E-state index in [1.807, 2.05) is 4.57 Å². The molecule has 19 heavy (non-hydrogen) atoms. The number of hydrogen-bond acceptors (Lipinski definition) is 4. The SMILES string of the molecule is Cc1c(C(=O)O)sc2c1nc(CCl)n2CC1CCO1. The number of thiophene rings is 1. The van der Waals surface area contributed by atoms with Crippen LogP contribution in [-0.2, 0) is 17.2 Å². The smallest absolute Gasteiger partial charge is 0.346 e. The average molecular weight is 301 g/mol. The van der Waals surface area contributed by atoms with Crippen LogP contribution < -0.4 is 0 Å². The largest absolute Gasteiger partial charge is 0.477 e. The number of rotatable bonds is 4. The number of aromatic carboxylic acids is 1. The molecule has 1 N–H and O–H groups in total. The van der Waals surface area contributed by atoms with Crippen LogP contribution in [0.3, 0.4) is 0 Å². The second-order valence-corrected chi connectivity index (χ2v) is 5.84. The van der Waals surface area contributed by atoms with Gasteiger partial charge in [-0.2, -0.15) is 0 Å². The maximum Gasteiger partial charge on any atom is 0.346 e. The fourth-order valence-electron chi connectivity index (χ4n) is 2.24. The van der Waals surface area contributed by atoms with Gasteiger partial charge in [0.15, 0.2) is 0 Å². The zero-order chi connectivity index (χ0) is 13.6. The Morgan fingerprint density at radius 2 is 2.42 bits per heavy atom. The van der Waals surface area contributed by atoms with Crippen LogP contribution in [0.2, 0.25) is 0 Å². The highest BCUT2D eigenvalue weighted by Gasteiger charge is 2.25. The van der Waals surface area contributed by atoms with Gasteiger partial charge in [-0.3, -0.25) is 0 Å². The first-order valence-electron chi connectivity index (χ1n) is 6.01. The molecule has 3 rings (SSSR count). The number of alkyl halides is 1. The third-order valence-corrected chi connectivity index (χ3v) is 4.92. The first-order chi connectivity index (χ1) is 9.11. The molecule has 1 aliphatic rings. The van der Waals surface area contributed by atoms with Gasteiger partial charge < -0.3 is 14.4 Å². The van der Waals surface area contributed by atoms with Crippen molar-refractivity contribution in [2.24, 2.45) is 0 Å². The molecule has 0 saturated carbocycles. The van der Waals surface area contributed by atoms with Gasteiger partial charge in [0.05, 0.1) is 18.5 Å². The molecule has 7 heteroatoms. The van der Waals surface area contributed by atoms with Crippen molar-refractivity contribution in [3.05, 3.63) is 16.3 Å². The number of imidazole rings is 1. The molecule has 0 radical (unpaired) electrons. The highest BCUT2D eigenvalue weighted by molar-refractivity contribution is 7.20. The second-order valence-electron chi connectivity index (χ2n) is 4.57. The minimum absolute atomic E-state index is 0.190. The molecule has 0 bridgehead atoms. The number of aromatic nitrogens is 2. The van der Waals surface area contributed by atoms with E-state index >= 15 is 0 Å². The van der Waals surface area contributed by atoms with E-state index in [0.717, 1.165) is 29.2 Å². The summed E-state index contributed by atoms with van der Waals surface area (Å²) in [7, 11) is 0. The number of fused-ring (bicyclic) bond motifs is 1. The molecule has 0 aromatic carbocycles. The van der Waals surface area contributed by atoms with E-state index in [4.69, 9.17) is 21.4 Å². The Morgan fingerprint density at radius 3 is 2.95 bits per heavy atom. The van der Waals surface area contributed by atoms with Gasteiger partial charge in [0.2, 0.25) is 0 Å². The lowest BCUT2D eigenvalue weighted by molar-refractivity contribution is -0.0588. The summed E-state index contributed by atoms with van der Waals surface area (Å²) < 4.78 is 7.43. The molecule has 102 valence electrons. The van der Waals surface area contributed by atoms with E-state index in [0.29, 0.717) is 22.9 Å². The molecule has 3 heterocycles. The highest BCUT2D eigenvalue weighted by atomic mass is 35.5. The van der Waals surface area contributed by atoms with Gasteiger partial charge in [0, 0.05) is 12.2 Å². The van der Waals surface area contributed by atoms with Crippen molar-refractivity contribution >= 4 is 39.3 Å². The van der Waals surface area contributed by atoms with Crippen LogP contribution in [0.25, 0.3) is 10.3 Å². The fourth-order valence-corrected chi connectivity index (χ4v) is 3.56. The molecule has 1 atom stereocenters. The summed E-state index contributed by atoms with van der Waals surface area (Å²) in [6.07, 6.45) is 1.22. The Morgan fingerprint density at radius 1 is 1.68 bits per heavy atom. The number of nitrogens with zero attached hydrogens (tertiary/aromatic N) is 2. The molecular formula is C12H13ClN2O3S. The van der Waals surface area contributed by atoms with Gasteiger partial charge >= 0.3 is 5.97 Å². The number of aryl methyl sites for hydroxylation is 1. The molecule has 1 saturated heterocycles. The molecule has 0 spiro atoms. The maximum atomic E-state index is 11.2. The molecule has 1 unspecified atom stereocenters. The minimum Gasteiger partial charge on any atom is -0.477 e. The highest BCUT2D eigenvalue weighted by Crippen LogP contribution is 2.32. The van der Waals surface area contributed by atoms with Crippen molar-refractivity contribution in [3.63, 3.8) is 0 Å². The van der Waals surface area contributed by atoms with Crippen molar-refractivity contribution < 1.29 is 14.6 Å². The Labute approximate surface area is 118 Å². The van der Waals surface area contributed by atoms with E-state index in [-0.39, 0.29) is 6.10 Å². The van der Waals surface area contributed by atoms with Gasteiger partial charge in [0.1, 0.15) is 21.0 Å². The Hall–Kier alpha value is -1.11. The predicted molar refractivity (Wildman–Crippen MR) is 73.2 cm³/mol. The lowest BCUT2D eigenvalue weighted by Gasteiger charge is -2.27. The zero-order valence-electron chi connectivity index (χ0n) is 10.4. The molecule has 5 nitrogen and oxygen atoms in total. The minimum atomic E-state index is -0.903. The van der Waals surface area contributed by atoms with E-state index in [1.54, 1.807) is 6.92 Å². The average Bonchev–Trinajstić information content (AvgIpc) is 2.81. The number of carboxylic acids is 1. The summed E-state index contributed by atoms with van der Waals surface area (Å²) in [6.45, 7) is 3.28. The molecule has 0 amide bonds. The third kappa shape index (κ3) is 2.04. The number of hydrogen-bond donors (Lipinski definition) is 1. The number of halogens is 1. The van der Waals surface area contributed by atoms with E-state index < -0.39 is 5.97 Å². The summed E-state index contributed by atoms with van der Waals surface area (Å²) in [5.41, 5.74) is 1.46. The zero-order valence-corrected chi connectivity index (χ0v) is 11.9. The molecule has 1 fully saturated rings. The first kappa shape index (κ1) is 12.9. The van der Waals surface area contributed by atoms with Crippen LogP contribution in [0.15, 0.2) is 0 Å². The monoisotopic (exact) mass is 300 g/mol. The summed E-state index contributed by atoms with van der Waals surface area (Å²) in [5.74, 6) is 0.188. The summed E-state index contributed by atoms with van der Waals surface area (Å²) >= 11 is 7.18. The lowest BCUT2D eigenvalue weighted by atomic mass is 10.2. The fraction of sp³-hybridized carbons (Fsp3) is 0.500. The van der Waals surface area contributed by atoms with E-state index in [2.05, 4.69) is 4.98 Å². The van der Waals surface area contributed by atoms with Gasteiger partial charge in [-0.05, 0) is 13.3 Å². The topological polar surface area (TPSA) is 64.3 Å². The molecular weight excluding hydrogens is 288 g/mol. The van der Waals surface area contributed by atoms with Crippen LogP contribution in [0.1, 0.15) is 27.5 Å². The van der Waals surface area contributed by atoms with Gasteiger partial charge in [-0.1, -0.05) is 0 Å². The quantitative estimate of drug-likeness (QED) is 0.882. The number of carboxylic acid groups (broad SMARTS) is 1. The Bertz CT molecular complexity index is 645. The van der Waals surface area contributed by atoms with Crippen LogP contribution in [0.5, 0.6) is 0 Å². The Balaban J connectivity index is 2.10. The Kier molecular flexibility index (Phi) is 3.24. The predicted octanol–water partition coefficient (Wildman–Crippen LogP) is 2.63. The van der Waals surface area contributed by atoms with Crippen LogP contribution in [-0.4, -0.2) is 33.3 Å². The van der Waals surface area contributed by atoms with Crippen LogP contribution in [0, 0.1) is 6.92 Å². The van der Waals surface area contributed by atoms with Gasteiger partial charge in [0.25, 0.3) is 0 Å². The summed E-state index contributed by atoms with van der Waals surface area (Å²) in [4.78, 5) is 16.9. The van der Waals surface area contributed by atoms with Crippen LogP contribution in [0.4, 0.5) is 0 Å². The molecule has 2 aromatic heterocycles. The summed E-state index contributed by atoms with van der Waals surface area (Å²) in [6, 6.07) is 0. The molecule has 1 aliphatic heterocycles. The molecule has 2 aromatic rings.